The first-order chi connectivity index (χ1) is 22.9. The van der Waals surface area contributed by atoms with E-state index >= 15 is 0 Å². The van der Waals surface area contributed by atoms with Crippen molar-refractivity contribution < 1.29 is 0 Å². The van der Waals surface area contributed by atoms with Crippen LogP contribution in [-0.2, 0) is 0 Å². The average molecular weight is 581 g/mol. The van der Waals surface area contributed by atoms with Crippen LogP contribution in [0.5, 0.6) is 0 Å². The van der Waals surface area contributed by atoms with Crippen molar-refractivity contribution in [1.82, 2.24) is 0 Å². The Hall–Kier alpha value is -5.98. The van der Waals surface area contributed by atoms with E-state index in [4.69, 9.17) is 0 Å². The van der Waals surface area contributed by atoms with Crippen LogP contribution in [0.1, 0.15) is 0 Å². The molecule has 0 heterocycles. The van der Waals surface area contributed by atoms with E-state index in [0.29, 0.717) is 0 Å². The molecule has 0 bridgehead atoms. The molecule has 10 rings (SSSR count). The monoisotopic (exact) mass is 580 g/mol. The third-order valence-corrected chi connectivity index (χ3v) is 9.99. The summed E-state index contributed by atoms with van der Waals surface area (Å²) in [7, 11) is 0. The van der Waals surface area contributed by atoms with Gasteiger partial charge in [0.1, 0.15) is 0 Å². The van der Waals surface area contributed by atoms with Gasteiger partial charge in [0.2, 0.25) is 0 Å². The zero-order valence-corrected chi connectivity index (χ0v) is 25.2. The number of hydrogen-bond donors (Lipinski definition) is 0. The van der Waals surface area contributed by atoms with Crippen LogP contribution in [-0.4, -0.2) is 0 Å². The standard InChI is InChI=1S/C46H28/c1-2-14-29(15-3-1)43-37-21-8-10-23-39(37)45(40-24-11-9-22-38(40)43)42-28-30-16-12-25-35-33-19-6-4-17-31(33)32-18-5-7-20-34(32)36-26-13-27-41(42)46(36)44(30)35/h1-28H. The lowest BCUT2D eigenvalue weighted by Crippen LogP contribution is -1.93. The van der Waals surface area contributed by atoms with Crippen LogP contribution < -0.4 is 0 Å². The second kappa shape index (κ2) is 9.76. The Morgan fingerprint density at radius 1 is 0.239 bits per heavy atom. The van der Waals surface area contributed by atoms with Gasteiger partial charge in [0.15, 0.2) is 0 Å². The smallest absolute Gasteiger partial charge is 0.00141 e. The molecule has 0 aliphatic rings. The van der Waals surface area contributed by atoms with Gasteiger partial charge in [0.25, 0.3) is 0 Å². The summed E-state index contributed by atoms with van der Waals surface area (Å²) in [6, 6.07) is 62.9. The van der Waals surface area contributed by atoms with Crippen molar-refractivity contribution in [2.45, 2.75) is 0 Å². The van der Waals surface area contributed by atoms with Crippen LogP contribution in [0.2, 0.25) is 0 Å². The molecule has 46 heavy (non-hydrogen) atoms. The molecule has 0 saturated heterocycles. The Morgan fingerprint density at radius 3 is 1.20 bits per heavy atom. The maximum absolute atomic E-state index is 2.46. The molecular formula is C46H28. The van der Waals surface area contributed by atoms with Crippen molar-refractivity contribution in [1.29, 1.82) is 0 Å². The van der Waals surface area contributed by atoms with Crippen LogP contribution >= 0.6 is 0 Å². The van der Waals surface area contributed by atoms with Crippen LogP contribution in [0.25, 0.3) is 97.7 Å². The quantitative estimate of drug-likeness (QED) is 0.141. The van der Waals surface area contributed by atoms with E-state index < -0.39 is 0 Å². The van der Waals surface area contributed by atoms with Gasteiger partial charge in [-0.05, 0) is 104 Å². The highest BCUT2D eigenvalue weighted by molar-refractivity contribution is 6.36. The molecule has 0 aliphatic heterocycles. The molecule has 10 aromatic rings. The lowest BCUT2D eigenvalue weighted by Gasteiger charge is -2.21. The van der Waals surface area contributed by atoms with E-state index in [9.17, 15) is 0 Å². The molecule has 0 radical (unpaired) electrons. The summed E-state index contributed by atoms with van der Waals surface area (Å²) in [5.41, 5.74) is 5.11. The van der Waals surface area contributed by atoms with Crippen molar-refractivity contribution in [2.75, 3.05) is 0 Å². The first kappa shape index (κ1) is 25.4. The molecule has 0 heteroatoms. The second-order valence-corrected chi connectivity index (χ2v) is 12.4. The first-order valence-corrected chi connectivity index (χ1v) is 16.0. The largest absolute Gasteiger partial charge is 0.0622 e. The lowest BCUT2D eigenvalue weighted by atomic mass is 9.82. The van der Waals surface area contributed by atoms with Gasteiger partial charge in [0.05, 0.1) is 0 Å². The molecule has 0 atom stereocenters. The molecule has 0 spiro atoms. The van der Waals surface area contributed by atoms with Crippen molar-refractivity contribution in [3.63, 3.8) is 0 Å². The van der Waals surface area contributed by atoms with Gasteiger partial charge in [-0.15, -0.1) is 0 Å². The Labute approximate surface area is 266 Å². The summed E-state index contributed by atoms with van der Waals surface area (Å²) >= 11 is 0. The van der Waals surface area contributed by atoms with Crippen molar-refractivity contribution >= 4 is 75.4 Å². The fourth-order valence-electron chi connectivity index (χ4n) is 8.14. The third kappa shape index (κ3) is 3.50. The van der Waals surface area contributed by atoms with Crippen LogP contribution in [0.4, 0.5) is 0 Å². The minimum atomic E-state index is 1.24. The highest BCUT2D eigenvalue weighted by Gasteiger charge is 2.20. The minimum Gasteiger partial charge on any atom is -0.0622 e. The summed E-state index contributed by atoms with van der Waals surface area (Å²) in [5, 5.41) is 18.0. The molecule has 0 nitrogen and oxygen atoms in total. The molecule has 0 saturated carbocycles. The van der Waals surface area contributed by atoms with Crippen molar-refractivity contribution in [3.05, 3.63) is 170 Å². The molecule has 0 unspecified atom stereocenters. The van der Waals surface area contributed by atoms with Crippen LogP contribution in [0, 0.1) is 0 Å². The lowest BCUT2D eigenvalue weighted by molar-refractivity contribution is 1.67. The Balaban J connectivity index is 1.48. The van der Waals surface area contributed by atoms with E-state index in [1.54, 1.807) is 0 Å². The summed E-state index contributed by atoms with van der Waals surface area (Å²) in [4.78, 5) is 0. The normalized spacial score (nSPS) is 11.9. The SMILES string of the molecule is c1ccc(-c2c3ccccc3c(-c3cc4cccc5c6ccccc6c6ccccc6c6cccc3c6c45)c3ccccc23)cc1. The molecule has 0 amide bonds. The molecule has 0 N–H and O–H groups in total. The van der Waals surface area contributed by atoms with E-state index in [0.717, 1.165) is 0 Å². The third-order valence-electron chi connectivity index (χ3n) is 9.99. The Kier molecular flexibility index (Phi) is 5.38. The summed E-state index contributed by atoms with van der Waals surface area (Å²) < 4.78 is 0. The predicted molar refractivity (Wildman–Crippen MR) is 200 cm³/mol. The molecule has 0 aliphatic carbocycles. The van der Waals surface area contributed by atoms with Gasteiger partial charge in [-0.1, -0.05) is 164 Å². The summed E-state index contributed by atoms with van der Waals surface area (Å²) in [5.74, 6) is 0. The zero-order valence-electron chi connectivity index (χ0n) is 25.2. The molecule has 0 fully saturated rings. The Bertz CT molecular complexity index is 2780. The van der Waals surface area contributed by atoms with Gasteiger partial charge in [-0.2, -0.15) is 0 Å². The van der Waals surface area contributed by atoms with Crippen LogP contribution in [0.15, 0.2) is 170 Å². The average Bonchev–Trinajstić information content (AvgIpc) is 3.13. The highest BCUT2D eigenvalue weighted by Crippen LogP contribution is 2.48. The fourth-order valence-corrected chi connectivity index (χ4v) is 8.14. The summed E-state index contributed by atoms with van der Waals surface area (Å²) in [6.07, 6.45) is 0. The number of hydrogen-bond acceptors (Lipinski definition) is 0. The number of rotatable bonds is 2. The highest BCUT2D eigenvalue weighted by atomic mass is 14.2. The van der Waals surface area contributed by atoms with E-state index in [1.165, 1.54) is 97.7 Å². The van der Waals surface area contributed by atoms with Crippen LogP contribution in [0.3, 0.4) is 0 Å². The number of fused-ring (bicyclic) bond motifs is 7. The van der Waals surface area contributed by atoms with Gasteiger partial charge in [-0.25, -0.2) is 0 Å². The summed E-state index contributed by atoms with van der Waals surface area (Å²) in [6.45, 7) is 0. The van der Waals surface area contributed by atoms with Gasteiger partial charge >= 0.3 is 0 Å². The topological polar surface area (TPSA) is 0 Å². The van der Waals surface area contributed by atoms with Crippen molar-refractivity contribution in [2.24, 2.45) is 0 Å². The second-order valence-electron chi connectivity index (χ2n) is 12.4. The van der Waals surface area contributed by atoms with Gasteiger partial charge in [0, 0.05) is 0 Å². The first-order valence-electron chi connectivity index (χ1n) is 16.0. The van der Waals surface area contributed by atoms with Gasteiger partial charge in [-0.3, -0.25) is 0 Å². The zero-order chi connectivity index (χ0) is 30.2. The number of benzene rings is 9. The molecular weight excluding hydrogens is 553 g/mol. The minimum absolute atomic E-state index is 1.24. The molecule has 212 valence electrons. The van der Waals surface area contributed by atoms with E-state index in [2.05, 4.69) is 170 Å². The van der Waals surface area contributed by atoms with E-state index in [1.807, 2.05) is 0 Å². The fraction of sp³-hybridized carbons (Fsp3) is 0. The van der Waals surface area contributed by atoms with Gasteiger partial charge < -0.3 is 0 Å². The predicted octanol–water partition coefficient (Wildman–Crippen LogP) is 13.1. The Morgan fingerprint density at radius 2 is 0.630 bits per heavy atom. The maximum atomic E-state index is 2.46. The molecule has 0 aromatic heterocycles. The molecule has 10 aromatic carbocycles. The van der Waals surface area contributed by atoms with Crippen molar-refractivity contribution in [3.8, 4) is 22.3 Å². The maximum Gasteiger partial charge on any atom is -0.00141 e. The van der Waals surface area contributed by atoms with E-state index in [-0.39, 0.29) is 0 Å².